The van der Waals surface area contributed by atoms with Gasteiger partial charge in [0.25, 0.3) is 0 Å². The molecule has 1 aliphatic rings. The first kappa shape index (κ1) is 17.7. The number of aromatic nitrogens is 3. The van der Waals surface area contributed by atoms with E-state index in [0.29, 0.717) is 29.3 Å². The first-order valence-electron chi connectivity index (χ1n) is 8.55. The van der Waals surface area contributed by atoms with Crippen molar-refractivity contribution in [1.29, 1.82) is 0 Å². The van der Waals surface area contributed by atoms with Gasteiger partial charge in [-0.15, -0.1) is 10.2 Å². The highest BCUT2D eigenvalue weighted by atomic mass is 32.2. The molecule has 1 aromatic carbocycles. The highest BCUT2D eigenvalue weighted by Crippen LogP contribution is 2.40. The summed E-state index contributed by atoms with van der Waals surface area (Å²) in [6.45, 7) is 4.47. The molecule has 25 heavy (non-hydrogen) atoms. The van der Waals surface area contributed by atoms with Crippen molar-refractivity contribution in [2.75, 3.05) is 11.1 Å². The molecule has 1 aliphatic carbocycles. The number of nitrogens with one attached hydrogen (secondary N) is 1. The van der Waals surface area contributed by atoms with Crippen LogP contribution in [0, 0.1) is 0 Å². The average molecular weight is 358 g/mol. The van der Waals surface area contributed by atoms with Crippen LogP contribution < -0.4 is 5.32 Å². The van der Waals surface area contributed by atoms with E-state index in [-0.39, 0.29) is 11.7 Å². The molecular weight excluding hydrogens is 336 g/mol. The Kier molecular flexibility index (Phi) is 5.53. The first-order valence-corrected chi connectivity index (χ1v) is 9.53. The predicted octanol–water partition coefficient (Wildman–Crippen LogP) is 3.50. The van der Waals surface area contributed by atoms with Gasteiger partial charge in [0.05, 0.1) is 0 Å². The summed E-state index contributed by atoms with van der Waals surface area (Å²) < 4.78 is 2.15. The van der Waals surface area contributed by atoms with E-state index in [1.165, 1.54) is 19.8 Å². The van der Waals surface area contributed by atoms with Crippen LogP contribution in [-0.4, -0.2) is 32.2 Å². The van der Waals surface area contributed by atoms with Crippen molar-refractivity contribution in [2.45, 2.75) is 50.7 Å². The van der Waals surface area contributed by atoms with Crippen LogP contribution in [0.5, 0.6) is 0 Å². The number of thioether (sulfide) groups is 1. The molecule has 1 N–H and O–H groups in total. The lowest BCUT2D eigenvalue weighted by Crippen LogP contribution is -2.12. The minimum atomic E-state index is -0.0481. The summed E-state index contributed by atoms with van der Waals surface area (Å²) in [7, 11) is 0. The molecule has 1 heterocycles. The summed E-state index contributed by atoms with van der Waals surface area (Å²) in [5, 5.41) is 12.3. The lowest BCUT2D eigenvalue weighted by atomic mass is 10.1. The monoisotopic (exact) mass is 358 g/mol. The summed E-state index contributed by atoms with van der Waals surface area (Å²) in [5.41, 5.74) is 1.34. The highest BCUT2D eigenvalue weighted by Gasteiger charge is 2.29. The quantitative estimate of drug-likeness (QED) is 0.577. The van der Waals surface area contributed by atoms with Crippen molar-refractivity contribution in [2.24, 2.45) is 0 Å². The van der Waals surface area contributed by atoms with Crippen molar-refractivity contribution in [3.8, 4) is 0 Å². The second kappa shape index (κ2) is 7.82. The van der Waals surface area contributed by atoms with Crippen LogP contribution in [0.25, 0.3) is 0 Å². The van der Waals surface area contributed by atoms with Crippen molar-refractivity contribution in [1.82, 2.24) is 14.8 Å². The smallest absolute Gasteiger partial charge is 0.225 e. The maximum Gasteiger partial charge on any atom is 0.225 e. The van der Waals surface area contributed by atoms with E-state index in [1.807, 2.05) is 0 Å². The molecule has 2 aromatic rings. The van der Waals surface area contributed by atoms with Gasteiger partial charge < -0.3 is 9.88 Å². The fourth-order valence-corrected chi connectivity index (χ4v) is 3.54. The molecule has 1 amide bonds. The standard InChI is InChI=1S/C18H22N4O2S/c1-3-22-17(14-4-5-14)20-21-18(22)25-11-10-16(24)19-15-8-6-13(7-9-15)12(2)23/h6-9,14H,3-5,10-11H2,1-2H3,(H,19,24). The minimum absolute atomic E-state index is 0.0138. The maximum absolute atomic E-state index is 12.1. The largest absolute Gasteiger partial charge is 0.326 e. The molecule has 0 bridgehead atoms. The van der Waals surface area contributed by atoms with Gasteiger partial charge >= 0.3 is 0 Å². The summed E-state index contributed by atoms with van der Waals surface area (Å²) >= 11 is 1.57. The number of carbonyl (C=O) groups is 2. The van der Waals surface area contributed by atoms with Gasteiger partial charge in [0, 0.05) is 35.9 Å². The van der Waals surface area contributed by atoms with E-state index in [1.54, 1.807) is 36.0 Å². The third-order valence-electron chi connectivity index (χ3n) is 4.14. The van der Waals surface area contributed by atoms with Crippen LogP contribution in [0.4, 0.5) is 5.69 Å². The molecule has 0 unspecified atom stereocenters. The van der Waals surface area contributed by atoms with Gasteiger partial charge in [0.2, 0.25) is 5.91 Å². The van der Waals surface area contributed by atoms with E-state index in [0.717, 1.165) is 17.5 Å². The summed E-state index contributed by atoms with van der Waals surface area (Å²) in [4.78, 5) is 23.3. The van der Waals surface area contributed by atoms with Gasteiger partial charge in [-0.25, -0.2) is 0 Å². The molecule has 3 rings (SSSR count). The molecule has 0 aliphatic heterocycles. The Morgan fingerprint density at radius 3 is 2.56 bits per heavy atom. The lowest BCUT2D eigenvalue weighted by molar-refractivity contribution is -0.115. The number of anilines is 1. The Labute approximate surface area is 151 Å². The second-order valence-electron chi connectivity index (χ2n) is 6.14. The molecule has 0 radical (unpaired) electrons. The van der Waals surface area contributed by atoms with E-state index in [4.69, 9.17) is 0 Å². The second-order valence-corrected chi connectivity index (χ2v) is 7.20. The zero-order chi connectivity index (χ0) is 17.8. The number of rotatable bonds is 8. The molecule has 1 saturated carbocycles. The highest BCUT2D eigenvalue weighted by molar-refractivity contribution is 7.99. The number of ketones is 1. The Hall–Kier alpha value is -2.15. The molecule has 0 atom stereocenters. The van der Waals surface area contributed by atoms with Gasteiger partial charge in [0.15, 0.2) is 10.9 Å². The minimum Gasteiger partial charge on any atom is -0.326 e. The van der Waals surface area contributed by atoms with Crippen LogP contribution in [0.1, 0.15) is 55.2 Å². The Morgan fingerprint density at radius 1 is 1.24 bits per heavy atom. The predicted molar refractivity (Wildman–Crippen MR) is 98.1 cm³/mol. The Bertz CT molecular complexity index is 766. The van der Waals surface area contributed by atoms with E-state index in [9.17, 15) is 9.59 Å². The normalized spacial score (nSPS) is 13.7. The summed E-state index contributed by atoms with van der Waals surface area (Å²) in [6.07, 6.45) is 2.80. The van der Waals surface area contributed by atoms with Crippen molar-refractivity contribution in [3.63, 3.8) is 0 Å². The van der Waals surface area contributed by atoms with Gasteiger partial charge in [-0.05, 0) is 51.0 Å². The number of hydrogen-bond acceptors (Lipinski definition) is 5. The number of Topliss-reactive ketones (excluding diaryl/α,β-unsaturated/α-hetero) is 1. The van der Waals surface area contributed by atoms with E-state index in [2.05, 4.69) is 27.0 Å². The summed E-state index contributed by atoms with van der Waals surface area (Å²) in [6, 6.07) is 6.93. The molecule has 1 fully saturated rings. The average Bonchev–Trinajstić information content (AvgIpc) is 3.36. The number of carbonyl (C=O) groups excluding carboxylic acids is 2. The first-order chi connectivity index (χ1) is 12.1. The molecule has 0 spiro atoms. The molecule has 6 nitrogen and oxygen atoms in total. The van der Waals surface area contributed by atoms with E-state index < -0.39 is 0 Å². The Morgan fingerprint density at radius 2 is 1.96 bits per heavy atom. The topological polar surface area (TPSA) is 76.9 Å². The summed E-state index contributed by atoms with van der Waals surface area (Å²) in [5.74, 6) is 2.27. The molecule has 132 valence electrons. The SMILES string of the molecule is CCn1c(SCCC(=O)Nc2ccc(C(C)=O)cc2)nnc1C1CC1. The molecular formula is C18H22N4O2S. The van der Waals surface area contributed by atoms with Gasteiger partial charge in [-0.1, -0.05) is 11.8 Å². The van der Waals surface area contributed by atoms with Crippen LogP contribution >= 0.6 is 11.8 Å². The van der Waals surface area contributed by atoms with Crippen molar-refractivity contribution in [3.05, 3.63) is 35.7 Å². The number of hydrogen-bond donors (Lipinski definition) is 1. The van der Waals surface area contributed by atoms with Crippen LogP contribution in [-0.2, 0) is 11.3 Å². The van der Waals surface area contributed by atoms with E-state index >= 15 is 0 Å². The molecule has 0 saturated heterocycles. The third kappa shape index (κ3) is 4.48. The lowest BCUT2D eigenvalue weighted by Gasteiger charge is -2.07. The van der Waals surface area contributed by atoms with Crippen LogP contribution in [0.15, 0.2) is 29.4 Å². The molecule has 7 heteroatoms. The fraction of sp³-hybridized carbons (Fsp3) is 0.444. The number of nitrogens with zero attached hydrogens (tertiary/aromatic N) is 3. The number of benzene rings is 1. The van der Waals surface area contributed by atoms with Gasteiger partial charge in [0.1, 0.15) is 5.82 Å². The third-order valence-corrected chi connectivity index (χ3v) is 5.11. The van der Waals surface area contributed by atoms with Crippen LogP contribution in [0.3, 0.4) is 0 Å². The van der Waals surface area contributed by atoms with Gasteiger partial charge in [-0.2, -0.15) is 0 Å². The van der Waals surface area contributed by atoms with Crippen LogP contribution in [0.2, 0.25) is 0 Å². The Balaban J connectivity index is 1.48. The molecule has 1 aromatic heterocycles. The number of amides is 1. The zero-order valence-corrected chi connectivity index (χ0v) is 15.3. The van der Waals surface area contributed by atoms with Gasteiger partial charge in [-0.3, -0.25) is 9.59 Å². The van der Waals surface area contributed by atoms with Crippen molar-refractivity contribution < 1.29 is 9.59 Å². The van der Waals surface area contributed by atoms with Crippen molar-refractivity contribution >= 4 is 29.1 Å². The zero-order valence-electron chi connectivity index (χ0n) is 14.5. The maximum atomic E-state index is 12.1. The fourth-order valence-electron chi connectivity index (χ4n) is 2.59.